The van der Waals surface area contributed by atoms with Crippen molar-refractivity contribution in [3.05, 3.63) is 204 Å². The third-order valence-electron chi connectivity index (χ3n) is 16.0. The molecule has 5 heteroatoms. The molecule has 0 bridgehead atoms. The smallest absolute Gasteiger partial charge is 0.252 e. The van der Waals surface area contributed by atoms with Gasteiger partial charge in [0.2, 0.25) is 0 Å². The van der Waals surface area contributed by atoms with Gasteiger partial charge in [-0.25, -0.2) is 0 Å². The van der Waals surface area contributed by atoms with E-state index in [2.05, 4.69) is 266 Å². The van der Waals surface area contributed by atoms with Crippen molar-refractivity contribution in [3.63, 3.8) is 0 Å². The number of aryl methyl sites for hydroxylation is 2. The van der Waals surface area contributed by atoms with Crippen LogP contribution in [0.1, 0.15) is 90.1 Å². The molecule has 0 radical (unpaired) electrons. The maximum absolute atomic E-state index is 6.65. The molecule has 358 valence electrons. The van der Waals surface area contributed by atoms with Crippen LogP contribution in [0.2, 0.25) is 0 Å². The van der Waals surface area contributed by atoms with Crippen molar-refractivity contribution in [2.24, 2.45) is 0 Å². The van der Waals surface area contributed by atoms with Crippen LogP contribution < -0.4 is 26.2 Å². The Morgan fingerprint density at radius 2 is 1.00 bits per heavy atom. The molecule has 11 aromatic rings. The van der Waals surface area contributed by atoms with Crippen LogP contribution in [0.3, 0.4) is 0 Å². The van der Waals surface area contributed by atoms with Crippen LogP contribution in [0.5, 0.6) is 0 Å². The number of anilines is 6. The molecule has 13 rings (SSSR count). The van der Waals surface area contributed by atoms with Gasteiger partial charge in [-0.3, -0.25) is 0 Å². The molecule has 0 saturated carbocycles. The fourth-order valence-corrected chi connectivity index (χ4v) is 12.3. The first-order valence-corrected chi connectivity index (χ1v) is 26.1. The average Bonchev–Trinajstić information content (AvgIpc) is 3.91. The van der Waals surface area contributed by atoms with Gasteiger partial charge in [0.05, 0.1) is 16.7 Å². The maximum atomic E-state index is 6.65. The highest BCUT2D eigenvalue weighted by Gasteiger charge is 2.45. The minimum absolute atomic E-state index is 0.0114. The van der Waals surface area contributed by atoms with E-state index in [4.69, 9.17) is 4.42 Å². The predicted molar refractivity (Wildman–Crippen MR) is 313 cm³/mol. The van der Waals surface area contributed by atoms with Gasteiger partial charge in [0.1, 0.15) is 11.2 Å². The van der Waals surface area contributed by atoms with E-state index in [0.717, 1.165) is 44.4 Å². The summed E-state index contributed by atoms with van der Waals surface area (Å²) >= 11 is 0. The summed E-state index contributed by atoms with van der Waals surface area (Å²) in [4.78, 5) is 5.25. The third kappa shape index (κ3) is 6.95. The first-order chi connectivity index (χ1) is 34.9. The molecule has 0 atom stereocenters. The summed E-state index contributed by atoms with van der Waals surface area (Å²) in [5.74, 6) is 0. The van der Waals surface area contributed by atoms with Crippen LogP contribution in [0.4, 0.5) is 34.1 Å². The average molecular weight is 948 g/mol. The first-order valence-electron chi connectivity index (χ1n) is 26.1. The predicted octanol–water partition coefficient (Wildman–Crippen LogP) is 16.9. The Kier molecular flexibility index (Phi) is 9.81. The number of rotatable bonds is 4. The number of hydrogen-bond donors (Lipinski definition) is 0. The second-order valence-electron chi connectivity index (χ2n) is 24.0. The van der Waals surface area contributed by atoms with Gasteiger partial charge in [-0.1, -0.05) is 165 Å². The Morgan fingerprint density at radius 1 is 0.411 bits per heavy atom. The third-order valence-corrected chi connectivity index (χ3v) is 16.0. The van der Waals surface area contributed by atoms with Gasteiger partial charge in [-0.2, -0.15) is 0 Å². The molecule has 4 heterocycles. The molecular weight excluding hydrogens is 886 g/mol. The van der Waals surface area contributed by atoms with Gasteiger partial charge < -0.3 is 18.8 Å². The van der Waals surface area contributed by atoms with E-state index in [1.54, 1.807) is 0 Å². The zero-order valence-electron chi connectivity index (χ0n) is 44.1. The lowest BCUT2D eigenvalue weighted by molar-refractivity contribution is 0.589. The largest absolute Gasteiger partial charge is 0.455 e. The zero-order chi connectivity index (χ0) is 50.5. The molecule has 2 aromatic heterocycles. The number of nitrogens with zero attached hydrogens (tertiary/aromatic N) is 3. The number of benzene rings is 9. The van der Waals surface area contributed by atoms with Crippen molar-refractivity contribution in [2.45, 2.75) is 92.4 Å². The lowest BCUT2D eigenvalue weighted by Gasteiger charge is -2.46. The second kappa shape index (κ2) is 15.9. The molecule has 0 N–H and O–H groups in total. The summed E-state index contributed by atoms with van der Waals surface area (Å²) in [6.07, 6.45) is 0. The standard InChI is InChI=1S/C68H62BN3O/c1-41-34-43(49-24-19-25-52-51-23-16-18-27-62(51)73-65(49)52)35-42(2)64(41)72-58-36-45(67(6,7)8)30-33-54(58)69-55-39-53-50-22-15-17-26-56(50)70(47-20-13-12-14-21-47)57(53)40-59(55)71(48-31-28-44(29-32-48)66(3,4)5)60-37-46(68(9,10)11)38-61(72)63(60)69/h12-40H,1-11H3. The minimum atomic E-state index is -0.162. The van der Waals surface area contributed by atoms with Gasteiger partial charge in [0.25, 0.3) is 6.71 Å². The van der Waals surface area contributed by atoms with Crippen molar-refractivity contribution in [1.29, 1.82) is 0 Å². The Morgan fingerprint density at radius 3 is 1.70 bits per heavy atom. The fourth-order valence-electron chi connectivity index (χ4n) is 12.3. The molecule has 0 unspecified atom stereocenters. The summed E-state index contributed by atoms with van der Waals surface area (Å²) < 4.78 is 9.11. The highest BCUT2D eigenvalue weighted by molar-refractivity contribution is 7.00. The van der Waals surface area contributed by atoms with Crippen molar-refractivity contribution < 1.29 is 4.42 Å². The van der Waals surface area contributed by atoms with Crippen LogP contribution in [0.25, 0.3) is 60.6 Å². The van der Waals surface area contributed by atoms with E-state index < -0.39 is 0 Å². The van der Waals surface area contributed by atoms with Gasteiger partial charge in [-0.05, 0) is 153 Å². The van der Waals surface area contributed by atoms with Gasteiger partial charge in [-0.15, -0.1) is 0 Å². The van der Waals surface area contributed by atoms with E-state index in [-0.39, 0.29) is 23.0 Å². The number of hydrogen-bond acceptors (Lipinski definition) is 3. The minimum Gasteiger partial charge on any atom is -0.455 e. The van der Waals surface area contributed by atoms with E-state index in [9.17, 15) is 0 Å². The molecule has 0 amide bonds. The van der Waals surface area contributed by atoms with Gasteiger partial charge >= 0.3 is 0 Å². The van der Waals surface area contributed by atoms with Crippen molar-refractivity contribution in [3.8, 4) is 16.8 Å². The summed E-state index contributed by atoms with van der Waals surface area (Å²) in [6.45, 7) is 25.6. The summed E-state index contributed by atoms with van der Waals surface area (Å²) in [5, 5.41) is 4.80. The molecule has 0 aliphatic carbocycles. The Hall–Kier alpha value is -7.76. The SMILES string of the molecule is Cc1cc(-c2cccc3c2oc2ccccc23)cc(C)c1N1c2cc(C(C)(C)C)ccc2B2c3cc4c5ccccc5n(-c5ccccc5)c4cc3N(c3ccc(C(C)(C)C)cc3)c3cc(C(C)(C)C)cc1c32. The normalized spacial score (nSPS) is 13.6. The molecule has 9 aromatic carbocycles. The first kappa shape index (κ1) is 45.1. The summed E-state index contributed by atoms with van der Waals surface area (Å²) in [6, 6.07) is 66.5. The van der Waals surface area contributed by atoms with E-state index in [1.807, 2.05) is 0 Å². The van der Waals surface area contributed by atoms with Crippen LogP contribution in [0, 0.1) is 13.8 Å². The Balaban J connectivity index is 1.13. The van der Waals surface area contributed by atoms with Crippen molar-refractivity contribution in [2.75, 3.05) is 9.80 Å². The van der Waals surface area contributed by atoms with Crippen LogP contribution >= 0.6 is 0 Å². The zero-order valence-corrected chi connectivity index (χ0v) is 44.1. The number of fused-ring (bicyclic) bond motifs is 10. The fraction of sp³-hybridized carbons (Fsp3) is 0.206. The Labute approximate surface area is 430 Å². The lowest BCUT2D eigenvalue weighted by atomic mass is 9.33. The van der Waals surface area contributed by atoms with Crippen LogP contribution in [-0.4, -0.2) is 11.3 Å². The molecule has 2 aliphatic rings. The highest BCUT2D eigenvalue weighted by atomic mass is 16.3. The molecule has 2 aliphatic heterocycles. The quantitative estimate of drug-likeness (QED) is 0.164. The number of aromatic nitrogens is 1. The van der Waals surface area contributed by atoms with E-state index in [1.165, 1.54) is 94.4 Å². The molecule has 0 spiro atoms. The van der Waals surface area contributed by atoms with Gasteiger partial charge in [0.15, 0.2) is 0 Å². The molecule has 4 nitrogen and oxygen atoms in total. The molecule has 0 fully saturated rings. The number of furan rings is 1. The topological polar surface area (TPSA) is 24.6 Å². The second-order valence-corrected chi connectivity index (χ2v) is 24.0. The maximum Gasteiger partial charge on any atom is 0.252 e. The monoisotopic (exact) mass is 947 g/mol. The van der Waals surface area contributed by atoms with Crippen LogP contribution in [0.15, 0.2) is 180 Å². The number of para-hydroxylation sites is 4. The summed E-state index contributed by atoms with van der Waals surface area (Å²) in [5.41, 5.74) is 25.0. The molecule has 73 heavy (non-hydrogen) atoms. The molecular formula is C68H62BN3O. The highest BCUT2D eigenvalue weighted by Crippen LogP contribution is 2.50. The lowest BCUT2D eigenvalue weighted by Crippen LogP contribution is -2.61. The summed E-state index contributed by atoms with van der Waals surface area (Å²) in [7, 11) is 0. The van der Waals surface area contributed by atoms with Crippen molar-refractivity contribution in [1.82, 2.24) is 4.57 Å². The van der Waals surface area contributed by atoms with Crippen LogP contribution in [-0.2, 0) is 16.2 Å². The Bertz CT molecular complexity index is 4040. The van der Waals surface area contributed by atoms with E-state index >= 15 is 0 Å². The van der Waals surface area contributed by atoms with E-state index in [0.29, 0.717) is 0 Å². The molecule has 0 saturated heterocycles. The van der Waals surface area contributed by atoms with Gasteiger partial charge in [0, 0.05) is 61.2 Å². The van der Waals surface area contributed by atoms with Crippen molar-refractivity contribution >= 4 is 101 Å².